The van der Waals surface area contributed by atoms with E-state index in [1.54, 1.807) is 0 Å². The third-order valence-electron chi connectivity index (χ3n) is 10.8. The van der Waals surface area contributed by atoms with Crippen LogP contribution in [-0.2, 0) is 18.4 Å². The number of allylic oxidation sites excluding steroid dienone is 16. The largest absolute Gasteiger partial charge is 0.472 e. The molecule has 3 N–H and O–H groups in total. The molecular weight excluding hydrogens is 816 g/mol. The first kappa shape index (κ1) is 61.4. The number of likely N-dealkylation sites (N-methyl/N-ethyl adjacent to an activating group) is 1. The molecular formula is C55H98N2O6P+. The van der Waals surface area contributed by atoms with Gasteiger partial charge in [-0.2, -0.15) is 0 Å². The number of hydrogen-bond donors (Lipinski definition) is 3. The molecule has 0 heterocycles. The van der Waals surface area contributed by atoms with Crippen LogP contribution < -0.4 is 5.32 Å². The zero-order valence-electron chi connectivity index (χ0n) is 41.7. The van der Waals surface area contributed by atoms with Gasteiger partial charge in [-0.1, -0.05) is 207 Å². The highest BCUT2D eigenvalue weighted by molar-refractivity contribution is 7.47. The molecule has 0 bridgehead atoms. The SMILES string of the molecule is CC/C=C\C/C=C\C/C=C\C/C=C\C/C=C\C/C=C\C/C=C\C/C=C\CCCCCCCCCCC(=O)NC(COP(=O)(O)OCC[N+](C)(C)C)C(O)CCCCCCCCCCC. The quantitative estimate of drug-likeness (QED) is 0.0243. The van der Waals surface area contributed by atoms with Gasteiger partial charge in [0.2, 0.25) is 5.91 Å². The fraction of sp³-hybridized carbons (Fsp3) is 0.691. The van der Waals surface area contributed by atoms with Gasteiger partial charge in [-0.3, -0.25) is 13.8 Å². The van der Waals surface area contributed by atoms with Crippen LogP contribution >= 0.6 is 7.82 Å². The third-order valence-corrected chi connectivity index (χ3v) is 11.8. The maximum absolute atomic E-state index is 12.9. The van der Waals surface area contributed by atoms with Crippen LogP contribution in [0.3, 0.4) is 0 Å². The smallest absolute Gasteiger partial charge is 0.391 e. The lowest BCUT2D eigenvalue weighted by molar-refractivity contribution is -0.870. The summed E-state index contributed by atoms with van der Waals surface area (Å²) in [6, 6.07) is -0.769. The van der Waals surface area contributed by atoms with Crippen LogP contribution in [0.25, 0.3) is 0 Å². The number of quaternary nitrogens is 1. The second kappa shape index (κ2) is 45.6. The molecule has 3 atom stereocenters. The fourth-order valence-electron chi connectivity index (χ4n) is 6.83. The molecule has 0 aromatic rings. The molecule has 0 aromatic carbocycles. The molecule has 3 unspecified atom stereocenters. The van der Waals surface area contributed by atoms with Gasteiger partial charge < -0.3 is 19.8 Å². The second-order valence-electron chi connectivity index (χ2n) is 18.2. The Morgan fingerprint density at radius 3 is 1.38 bits per heavy atom. The predicted octanol–water partition coefficient (Wildman–Crippen LogP) is 15.1. The summed E-state index contributed by atoms with van der Waals surface area (Å²) in [5.41, 5.74) is 0. The van der Waals surface area contributed by atoms with E-state index in [-0.39, 0.29) is 19.1 Å². The minimum absolute atomic E-state index is 0.0678. The minimum atomic E-state index is -4.32. The van der Waals surface area contributed by atoms with Crippen molar-refractivity contribution in [3.8, 4) is 0 Å². The summed E-state index contributed by atoms with van der Waals surface area (Å²) >= 11 is 0. The molecule has 0 aliphatic rings. The summed E-state index contributed by atoms with van der Waals surface area (Å²) in [4.78, 5) is 23.2. The van der Waals surface area contributed by atoms with Crippen molar-refractivity contribution in [2.24, 2.45) is 0 Å². The highest BCUT2D eigenvalue weighted by Gasteiger charge is 2.28. The number of nitrogens with one attached hydrogen (secondary N) is 1. The number of unbranched alkanes of at least 4 members (excludes halogenated alkanes) is 16. The van der Waals surface area contributed by atoms with E-state index < -0.39 is 20.0 Å². The number of amides is 1. The highest BCUT2D eigenvalue weighted by atomic mass is 31.2. The van der Waals surface area contributed by atoms with E-state index in [4.69, 9.17) is 9.05 Å². The monoisotopic (exact) mass is 914 g/mol. The number of carbonyl (C=O) groups is 1. The maximum atomic E-state index is 12.9. The summed E-state index contributed by atoms with van der Waals surface area (Å²) in [7, 11) is 1.59. The third kappa shape index (κ3) is 47.4. The van der Waals surface area contributed by atoms with Crippen molar-refractivity contribution in [1.29, 1.82) is 0 Å². The molecule has 8 nitrogen and oxygen atoms in total. The molecule has 0 aliphatic carbocycles. The maximum Gasteiger partial charge on any atom is 0.472 e. The van der Waals surface area contributed by atoms with Gasteiger partial charge in [-0.15, -0.1) is 0 Å². The van der Waals surface area contributed by atoms with E-state index in [2.05, 4.69) is 116 Å². The van der Waals surface area contributed by atoms with Crippen molar-refractivity contribution in [3.63, 3.8) is 0 Å². The van der Waals surface area contributed by atoms with Gasteiger partial charge in [0.1, 0.15) is 13.2 Å². The normalized spacial score (nSPS) is 14.9. The van der Waals surface area contributed by atoms with Crippen LogP contribution in [0.15, 0.2) is 97.2 Å². The van der Waals surface area contributed by atoms with E-state index in [9.17, 15) is 19.4 Å². The Hall–Kier alpha value is -2.58. The van der Waals surface area contributed by atoms with Gasteiger partial charge in [-0.25, -0.2) is 4.57 Å². The van der Waals surface area contributed by atoms with Crippen molar-refractivity contribution in [3.05, 3.63) is 97.2 Å². The minimum Gasteiger partial charge on any atom is -0.391 e. The first-order chi connectivity index (χ1) is 31.0. The molecule has 0 saturated heterocycles. The van der Waals surface area contributed by atoms with Crippen LogP contribution in [0.2, 0.25) is 0 Å². The van der Waals surface area contributed by atoms with Crippen LogP contribution in [0, 0.1) is 0 Å². The Morgan fingerprint density at radius 2 is 0.938 bits per heavy atom. The summed E-state index contributed by atoms with van der Waals surface area (Å²) < 4.78 is 23.6. The Bertz CT molecular complexity index is 1360. The molecule has 0 aromatic heterocycles. The number of carbonyl (C=O) groups excluding carboxylic acids is 1. The van der Waals surface area contributed by atoms with Crippen LogP contribution in [0.4, 0.5) is 0 Å². The van der Waals surface area contributed by atoms with Crippen molar-refractivity contribution in [1.82, 2.24) is 5.32 Å². The van der Waals surface area contributed by atoms with Crippen molar-refractivity contribution in [2.75, 3.05) is 40.9 Å². The predicted molar refractivity (Wildman–Crippen MR) is 276 cm³/mol. The van der Waals surface area contributed by atoms with Crippen LogP contribution in [-0.4, -0.2) is 73.4 Å². The molecule has 0 radical (unpaired) electrons. The number of rotatable bonds is 45. The van der Waals surface area contributed by atoms with Crippen molar-refractivity contribution in [2.45, 2.75) is 206 Å². The molecule has 9 heteroatoms. The summed E-state index contributed by atoms with van der Waals surface area (Å²) in [6.07, 6.45) is 64.6. The second-order valence-corrected chi connectivity index (χ2v) is 19.6. The van der Waals surface area contributed by atoms with E-state index in [1.165, 1.54) is 70.6 Å². The topological polar surface area (TPSA) is 105 Å². The van der Waals surface area contributed by atoms with Crippen LogP contribution in [0.1, 0.15) is 194 Å². The number of phosphoric acid groups is 1. The first-order valence-corrected chi connectivity index (χ1v) is 27.1. The Kier molecular flexibility index (Phi) is 43.7. The lowest BCUT2D eigenvalue weighted by Gasteiger charge is -2.26. The summed E-state index contributed by atoms with van der Waals surface area (Å²) in [5.74, 6) is -0.160. The molecule has 64 heavy (non-hydrogen) atoms. The molecule has 0 saturated carbocycles. The molecule has 0 spiro atoms. The zero-order valence-corrected chi connectivity index (χ0v) is 42.6. The van der Waals surface area contributed by atoms with E-state index >= 15 is 0 Å². The number of hydrogen-bond acceptors (Lipinski definition) is 5. The fourth-order valence-corrected chi connectivity index (χ4v) is 7.56. The summed E-state index contributed by atoms with van der Waals surface area (Å²) in [5, 5.41) is 13.9. The molecule has 0 fully saturated rings. The van der Waals surface area contributed by atoms with Gasteiger partial charge in [-0.05, 0) is 77.0 Å². The van der Waals surface area contributed by atoms with Gasteiger partial charge in [0.05, 0.1) is 39.9 Å². The standard InChI is InChI=1S/C55H97N2O6P/c1-6-8-10-12-14-16-17-18-19-20-21-22-23-24-25-26-27-28-29-30-31-32-33-34-35-36-37-38-39-41-43-45-47-49-55(59)56-53(52-63-64(60,61)62-51-50-57(3,4)5)54(58)48-46-44-42-40-15-13-11-9-7-2/h8,10,14,16,18-19,21-22,24-25,27-28,30-31,33-34,53-54,58H,6-7,9,11-13,15,17,20,23,26,29,32,35-52H2,1-5H3,(H-,56,59,60,61)/p+1/b10-8-,16-14-,19-18-,22-21-,25-24-,28-27-,31-30-,34-33-. The Balaban J connectivity index is 4.11. The number of phosphoric ester groups is 1. The van der Waals surface area contributed by atoms with Crippen LogP contribution in [0.5, 0.6) is 0 Å². The molecule has 0 aliphatic heterocycles. The lowest BCUT2D eigenvalue weighted by atomic mass is 10.0. The highest BCUT2D eigenvalue weighted by Crippen LogP contribution is 2.43. The first-order valence-electron chi connectivity index (χ1n) is 25.6. The van der Waals surface area contributed by atoms with E-state index in [0.717, 1.165) is 96.3 Å². The zero-order chi connectivity index (χ0) is 47.1. The van der Waals surface area contributed by atoms with E-state index in [0.29, 0.717) is 23.9 Å². The van der Waals surface area contributed by atoms with Crippen molar-refractivity contribution >= 4 is 13.7 Å². The molecule has 1 amide bonds. The summed E-state index contributed by atoms with van der Waals surface area (Å²) in [6.45, 7) is 4.72. The Morgan fingerprint density at radius 1 is 0.547 bits per heavy atom. The molecule has 0 rings (SSSR count). The lowest BCUT2D eigenvalue weighted by Crippen LogP contribution is -2.46. The van der Waals surface area contributed by atoms with Crippen molar-refractivity contribution < 1.29 is 32.9 Å². The van der Waals surface area contributed by atoms with Gasteiger partial charge >= 0.3 is 7.82 Å². The average molecular weight is 914 g/mol. The van der Waals surface area contributed by atoms with Gasteiger partial charge in [0, 0.05) is 6.42 Å². The number of nitrogens with zero attached hydrogens (tertiary/aromatic N) is 1. The van der Waals surface area contributed by atoms with Gasteiger partial charge in [0.25, 0.3) is 0 Å². The Labute approximate surface area is 394 Å². The van der Waals surface area contributed by atoms with E-state index in [1.807, 2.05) is 21.1 Å². The number of aliphatic hydroxyl groups is 1. The number of aliphatic hydroxyl groups excluding tert-OH is 1. The average Bonchev–Trinajstić information content (AvgIpc) is 3.25. The van der Waals surface area contributed by atoms with Gasteiger partial charge in [0.15, 0.2) is 0 Å². The molecule has 368 valence electrons.